The summed E-state index contributed by atoms with van der Waals surface area (Å²) in [5, 5.41) is 5.63. The van der Waals surface area contributed by atoms with Crippen LogP contribution in [-0.4, -0.2) is 26.3 Å². The molecule has 0 saturated carbocycles. The molecule has 26 heavy (non-hydrogen) atoms. The number of imidazole rings is 1. The van der Waals surface area contributed by atoms with E-state index in [4.69, 9.17) is 0 Å². The summed E-state index contributed by atoms with van der Waals surface area (Å²) in [6, 6.07) is 12.6. The van der Waals surface area contributed by atoms with Crippen LogP contribution in [0.4, 0.5) is 5.69 Å². The van der Waals surface area contributed by atoms with E-state index < -0.39 is 0 Å². The maximum absolute atomic E-state index is 12.4. The second kappa shape index (κ2) is 8.06. The van der Waals surface area contributed by atoms with Gasteiger partial charge in [-0.25, -0.2) is 9.97 Å². The van der Waals surface area contributed by atoms with Crippen LogP contribution in [0.1, 0.15) is 24.9 Å². The molecule has 1 aromatic carbocycles. The van der Waals surface area contributed by atoms with Crippen molar-refractivity contribution >= 4 is 17.5 Å². The lowest BCUT2D eigenvalue weighted by Crippen LogP contribution is -2.29. The lowest BCUT2D eigenvalue weighted by molar-refractivity contribution is -0.120. The van der Waals surface area contributed by atoms with Crippen LogP contribution in [0.2, 0.25) is 0 Å². The van der Waals surface area contributed by atoms with Crippen LogP contribution < -0.4 is 10.6 Å². The predicted octanol–water partition coefficient (Wildman–Crippen LogP) is 2.47. The van der Waals surface area contributed by atoms with Crippen molar-refractivity contribution in [1.29, 1.82) is 0 Å². The minimum absolute atomic E-state index is 0.132. The number of amides is 2. The number of carbonyl (C=O) groups is 2. The van der Waals surface area contributed by atoms with Gasteiger partial charge in [-0.3, -0.25) is 14.2 Å². The van der Waals surface area contributed by atoms with Gasteiger partial charge < -0.3 is 10.6 Å². The molecule has 0 radical (unpaired) electrons. The first kappa shape index (κ1) is 17.3. The van der Waals surface area contributed by atoms with Crippen LogP contribution in [0.3, 0.4) is 0 Å². The number of pyridine rings is 1. The summed E-state index contributed by atoms with van der Waals surface area (Å²) >= 11 is 0. The Morgan fingerprint density at radius 2 is 1.96 bits per heavy atom. The van der Waals surface area contributed by atoms with Gasteiger partial charge in [0.15, 0.2) is 0 Å². The molecular weight excluding hydrogens is 330 g/mol. The molecule has 0 aliphatic heterocycles. The number of hydrogen-bond acceptors (Lipinski definition) is 4. The number of rotatable bonds is 6. The lowest BCUT2D eigenvalue weighted by atomic mass is 10.0. The van der Waals surface area contributed by atoms with E-state index in [0.717, 1.165) is 5.56 Å². The highest BCUT2D eigenvalue weighted by atomic mass is 16.2. The molecule has 3 rings (SSSR count). The van der Waals surface area contributed by atoms with Gasteiger partial charge in [0.1, 0.15) is 12.1 Å². The van der Waals surface area contributed by atoms with E-state index in [1.165, 1.54) is 6.92 Å². The van der Waals surface area contributed by atoms with Crippen molar-refractivity contribution in [3.8, 4) is 5.82 Å². The van der Waals surface area contributed by atoms with Crippen molar-refractivity contribution in [1.82, 2.24) is 19.9 Å². The SMILES string of the molecule is CC(=O)N[C@@H](CC(=O)Nc1ccc(-n2ccnc2)nc1)c1ccccc1. The van der Waals surface area contributed by atoms with E-state index in [0.29, 0.717) is 11.5 Å². The molecule has 7 nitrogen and oxygen atoms in total. The Bertz CT molecular complexity index is 861. The zero-order valence-corrected chi connectivity index (χ0v) is 14.3. The summed E-state index contributed by atoms with van der Waals surface area (Å²) in [6.45, 7) is 1.44. The molecule has 2 heterocycles. The molecule has 0 aliphatic rings. The smallest absolute Gasteiger partial charge is 0.226 e. The first-order valence-electron chi connectivity index (χ1n) is 8.18. The standard InChI is InChI=1S/C19H19N5O2/c1-14(25)22-17(15-5-3-2-4-6-15)11-19(26)23-16-7-8-18(21-12-16)24-10-9-20-13-24/h2-10,12-13,17H,11H2,1H3,(H,22,25)(H,23,26)/t17-/m0/s1. The molecule has 0 bridgehead atoms. The van der Waals surface area contributed by atoms with Gasteiger partial charge in [-0.15, -0.1) is 0 Å². The second-order valence-electron chi connectivity index (χ2n) is 5.79. The second-order valence-corrected chi connectivity index (χ2v) is 5.79. The number of anilines is 1. The normalized spacial score (nSPS) is 11.6. The van der Waals surface area contributed by atoms with E-state index in [1.807, 2.05) is 30.3 Å². The fraction of sp³-hybridized carbons (Fsp3) is 0.158. The quantitative estimate of drug-likeness (QED) is 0.715. The average molecular weight is 349 g/mol. The third kappa shape index (κ3) is 4.54. The minimum atomic E-state index is -0.383. The highest BCUT2D eigenvalue weighted by Crippen LogP contribution is 2.18. The van der Waals surface area contributed by atoms with E-state index in [9.17, 15) is 9.59 Å². The molecule has 0 saturated heterocycles. The molecule has 132 valence electrons. The molecule has 7 heteroatoms. The molecule has 0 aliphatic carbocycles. The predicted molar refractivity (Wildman–Crippen MR) is 97.6 cm³/mol. The third-order valence-corrected chi connectivity index (χ3v) is 3.77. The van der Waals surface area contributed by atoms with Crippen LogP contribution in [0.25, 0.3) is 5.82 Å². The van der Waals surface area contributed by atoms with Gasteiger partial charge >= 0.3 is 0 Å². The van der Waals surface area contributed by atoms with E-state index >= 15 is 0 Å². The van der Waals surface area contributed by atoms with E-state index in [2.05, 4.69) is 20.6 Å². The zero-order valence-electron chi connectivity index (χ0n) is 14.3. The molecule has 0 unspecified atom stereocenters. The van der Waals surface area contributed by atoms with Gasteiger partial charge in [0.25, 0.3) is 0 Å². The van der Waals surface area contributed by atoms with Gasteiger partial charge in [0.2, 0.25) is 11.8 Å². The number of carbonyl (C=O) groups excluding carboxylic acids is 2. The first-order valence-corrected chi connectivity index (χ1v) is 8.18. The van der Waals surface area contributed by atoms with Crippen molar-refractivity contribution in [2.24, 2.45) is 0 Å². The summed E-state index contributed by atoms with van der Waals surface area (Å²) in [4.78, 5) is 32.1. The van der Waals surface area contributed by atoms with Crippen molar-refractivity contribution in [3.05, 3.63) is 72.9 Å². The summed E-state index contributed by atoms with van der Waals surface area (Å²) in [5.41, 5.74) is 1.47. The van der Waals surface area contributed by atoms with Crippen LogP contribution in [0.5, 0.6) is 0 Å². The average Bonchev–Trinajstić information content (AvgIpc) is 3.17. The maximum Gasteiger partial charge on any atom is 0.226 e. The zero-order chi connectivity index (χ0) is 18.4. The summed E-state index contributed by atoms with van der Waals surface area (Å²) < 4.78 is 1.77. The third-order valence-electron chi connectivity index (χ3n) is 3.77. The molecule has 1 atom stereocenters. The molecule has 2 amide bonds. The Balaban J connectivity index is 1.65. The number of nitrogens with zero attached hydrogens (tertiary/aromatic N) is 3. The molecule has 2 aromatic heterocycles. The Morgan fingerprint density at radius 3 is 2.58 bits per heavy atom. The molecule has 3 aromatic rings. The molecular formula is C19H19N5O2. The number of aromatic nitrogens is 3. The van der Waals surface area contributed by atoms with Crippen molar-refractivity contribution in [2.45, 2.75) is 19.4 Å². The fourth-order valence-electron chi connectivity index (χ4n) is 2.59. The maximum atomic E-state index is 12.4. The highest BCUT2D eigenvalue weighted by Gasteiger charge is 2.17. The summed E-state index contributed by atoms with van der Waals surface area (Å²) in [5.74, 6) is 0.323. The van der Waals surface area contributed by atoms with E-state index in [-0.39, 0.29) is 24.3 Å². The van der Waals surface area contributed by atoms with Gasteiger partial charge in [-0.1, -0.05) is 30.3 Å². The van der Waals surface area contributed by atoms with Crippen LogP contribution in [-0.2, 0) is 9.59 Å². The fourth-order valence-corrected chi connectivity index (χ4v) is 2.59. The van der Waals surface area contributed by atoms with Gasteiger partial charge in [-0.2, -0.15) is 0 Å². The highest BCUT2D eigenvalue weighted by molar-refractivity contribution is 5.91. The number of nitrogens with one attached hydrogen (secondary N) is 2. The Hall–Kier alpha value is -3.48. The monoisotopic (exact) mass is 349 g/mol. The number of benzene rings is 1. The van der Waals surface area contributed by atoms with Gasteiger partial charge in [0.05, 0.1) is 24.3 Å². The molecule has 0 fully saturated rings. The summed E-state index contributed by atoms with van der Waals surface area (Å²) in [7, 11) is 0. The van der Waals surface area contributed by atoms with Crippen LogP contribution >= 0.6 is 0 Å². The summed E-state index contributed by atoms with van der Waals surface area (Å²) in [6.07, 6.45) is 6.83. The Morgan fingerprint density at radius 1 is 1.15 bits per heavy atom. The van der Waals surface area contributed by atoms with Crippen molar-refractivity contribution in [3.63, 3.8) is 0 Å². The molecule has 0 spiro atoms. The Labute approximate surface area is 151 Å². The number of hydrogen-bond donors (Lipinski definition) is 2. The lowest BCUT2D eigenvalue weighted by Gasteiger charge is -2.18. The largest absolute Gasteiger partial charge is 0.349 e. The van der Waals surface area contributed by atoms with Gasteiger partial charge in [0, 0.05) is 19.3 Å². The van der Waals surface area contributed by atoms with Crippen molar-refractivity contribution in [2.75, 3.05) is 5.32 Å². The van der Waals surface area contributed by atoms with Gasteiger partial charge in [-0.05, 0) is 17.7 Å². The Kier molecular flexibility index (Phi) is 5.38. The topological polar surface area (TPSA) is 88.9 Å². The molecule has 2 N–H and O–H groups in total. The minimum Gasteiger partial charge on any atom is -0.349 e. The van der Waals surface area contributed by atoms with E-state index in [1.54, 1.807) is 41.6 Å². The van der Waals surface area contributed by atoms with Crippen LogP contribution in [0, 0.1) is 0 Å². The van der Waals surface area contributed by atoms with Crippen LogP contribution in [0.15, 0.2) is 67.4 Å². The first-order chi connectivity index (χ1) is 12.6. The van der Waals surface area contributed by atoms with Crippen molar-refractivity contribution < 1.29 is 9.59 Å².